The van der Waals surface area contributed by atoms with E-state index in [1.54, 1.807) is 54.7 Å². The number of aromatic amines is 1. The number of imidazole rings is 1. The number of halogens is 2. The lowest BCUT2D eigenvalue weighted by Crippen LogP contribution is -2.34. The van der Waals surface area contributed by atoms with E-state index in [0.717, 1.165) is 5.69 Å². The molecule has 5 rings (SSSR count). The predicted molar refractivity (Wildman–Crippen MR) is 175 cm³/mol. The van der Waals surface area contributed by atoms with E-state index in [2.05, 4.69) is 51.2 Å². The molecule has 2 aromatic carbocycles. The van der Waals surface area contributed by atoms with E-state index in [1.165, 1.54) is 24.2 Å². The Morgan fingerprint density at radius 3 is 2.64 bits per heavy atom. The monoisotopic (exact) mass is 674 g/mol. The fourth-order valence-electron chi connectivity index (χ4n) is 4.48. The Morgan fingerprint density at radius 2 is 1.91 bits per heavy atom. The summed E-state index contributed by atoms with van der Waals surface area (Å²) in [5.41, 5.74) is 3.55. The van der Waals surface area contributed by atoms with Crippen LogP contribution in [0.5, 0.6) is 0 Å². The van der Waals surface area contributed by atoms with E-state index in [9.17, 15) is 14.4 Å². The maximum absolute atomic E-state index is 13.2. The van der Waals surface area contributed by atoms with E-state index < -0.39 is 18.0 Å². The molecule has 4 N–H and O–H groups in total. The number of nitrogens with zero attached hydrogens (tertiary/aromatic N) is 6. The van der Waals surface area contributed by atoms with Gasteiger partial charge in [-0.3, -0.25) is 19.9 Å². The normalized spacial score (nSPS) is 11.6. The lowest BCUT2D eigenvalue weighted by Gasteiger charge is -2.16. The number of rotatable bonds is 12. The standard InChI is InChI=1S/C31H28Cl2N10O4/c1-47-31(46)37-23-9-5-19(6-10-23)28-29(33)40-30(39-28)24(17-27(45)35-15-13-22-4-2-3-14-34-22)38-26(44)12-7-20-16-21(32)8-11-25(20)43-18-36-41-42-43/h2-12,14,16,18,24H,13,15,17H2,1H3,(H,35,45)(H,37,46)(H,38,44)(H,39,40)/t24-/m0/s1. The zero-order valence-electron chi connectivity index (χ0n) is 24.9. The fourth-order valence-corrected chi connectivity index (χ4v) is 4.91. The molecule has 1 atom stereocenters. The number of hydrogen-bond donors (Lipinski definition) is 4. The summed E-state index contributed by atoms with van der Waals surface area (Å²) in [4.78, 5) is 49.7. The van der Waals surface area contributed by atoms with Crippen LogP contribution in [0.25, 0.3) is 23.0 Å². The van der Waals surface area contributed by atoms with Crippen LogP contribution in [0.1, 0.15) is 29.5 Å². The zero-order valence-corrected chi connectivity index (χ0v) is 26.4. The van der Waals surface area contributed by atoms with E-state index in [0.29, 0.717) is 46.2 Å². The van der Waals surface area contributed by atoms with Crippen LogP contribution in [0, 0.1) is 0 Å². The smallest absolute Gasteiger partial charge is 0.411 e. The van der Waals surface area contributed by atoms with Crippen molar-refractivity contribution in [3.8, 4) is 16.9 Å². The summed E-state index contributed by atoms with van der Waals surface area (Å²) in [7, 11) is 1.27. The maximum atomic E-state index is 13.2. The molecule has 3 aromatic heterocycles. The summed E-state index contributed by atoms with van der Waals surface area (Å²) in [5, 5.41) is 20.2. The number of pyridine rings is 1. The molecule has 0 bridgehead atoms. The van der Waals surface area contributed by atoms with Gasteiger partial charge in [-0.1, -0.05) is 41.4 Å². The number of carbonyl (C=O) groups excluding carboxylic acids is 3. The summed E-state index contributed by atoms with van der Waals surface area (Å²) in [6.45, 7) is 0.348. The first-order valence-corrected chi connectivity index (χ1v) is 14.9. The van der Waals surface area contributed by atoms with E-state index in [1.807, 2.05) is 18.2 Å². The predicted octanol–water partition coefficient (Wildman–Crippen LogP) is 4.55. The Kier molecular flexibility index (Phi) is 10.9. The molecule has 3 heterocycles. The van der Waals surface area contributed by atoms with Crippen molar-refractivity contribution in [1.82, 2.24) is 45.8 Å². The molecular formula is C31H28Cl2N10O4. The van der Waals surface area contributed by atoms with Crippen molar-refractivity contribution in [2.24, 2.45) is 0 Å². The molecule has 0 fully saturated rings. The highest BCUT2D eigenvalue weighted by atomic mass is 35.5. The van der Waals surface area contributed by atoms with Gasteiger partial charge in [0, 0.05) is 52.8 Å². The molecule has 0 unspecified atom stereocenters. The Hall–Kier alpha value is -5.60. The van der Waals surface area contributed by atoms with Crippen LogP contribution in [0.4, 0.5) is 10.5 Å². The number of amides is 3. The minimum Gasteiger partial charge on any atom is -0.453 e. The maximum Gasteiger partial charge on any atom is 0.411 e. The number of aromatic nitrogens is 7. The summed E-state index contributed by atoms with van der Waals surface area (Å²) in [5.74, 6) is -0.565. The molecule has 0 aliphatic carbocycles. The molecule has 0 aliphatic heterocycles. The van der Waals surface area contributed by atoms with Crippen LogP contribution in [0.2, 0.25) is 10.2 Å². The summed E-state index contributed by atoms with van der Waals surface area (Å²) < 4.78 is 6.06. The topological polar surface area (TPSA) is 182 Å². The fraction of sp³-hybridized carbons (Fsp3) is 0.161. The highest BCUT2D eigenvalue weighted by molar-refractivity contribution is 6.32. The molecule has 5 aromatic rings. The Labute approximate surface area is 278 Å². The van der Waals surface area contributed by atoms with Crippen molar-refractivity contribution < 1.29 is 19.1 Å². The number of carbonyl (C=O) groups is 3. The number of H-pyrrole nitrogens is 1. The van der Waals surface area contributed by atoms with Gasteiger partial charge in [-0.05, 0) is 59.0 Å². The zero-order chi connectivity index (χ0) is 33.2. The SMILES string of the molecule is COC(=O)Nc1ccc(-c2nc([C@H](CC(=O)NCCc3ccccn3)NC(=O)C=Cc3cc(Cl)ccc3-n3cnnn3)[nH]c2Cl)cc1. The molecule has 0 saturated heterocycles. The number of methoxy groups -OCH3 is 1. The van der Waals surface area contributed by atoms with Gasteiger partial charge in [0.05, 0.1) is 25.3 Å². The first-order chi connectivity index (χ1) is 22.8. The quantitative estimate of drug-likeness (QED) is 0.138. The van der Waals surface area contributed by atoms with Crippen LogP contribution in [-0.4, -0.2) is 66.7 Å². The molecule has 0 spiro atoms. The van der Waals surface area contributed by atoms with Gasteiger partial charge in [-0.15, -0.1) is 5.10 Å². The summed E-state index contributed by atoms with van der Waals surface area (Å²) >= 11 is 12.8. The van der Waals surface area contributed by atoms with Gasteiger partial charge in [0.2, 0.25) is 11.8 Å². The van der Waals surface area contributed by atoms with Crippen LogP contribution in [0.15, 0.2) is 79.3 Å². The molecule has 14 nitrogen and oxygen atoms in total. The van der Waals surface area contributed by atoms with Crippen LogP contribution in [0.3, 0.4) is 0 Å². The van der Waals surface area contributed by atoms with Crippen LogP contribution in [-0.2, 0) is 20.7 Å². The molecule has 0 saturated carbocycles. The lowest BCUT2D eigenvalue weighted by atomic mass is 10.1. The lowest BCUT2D eigenvalue weighted by molar-refractivity contribution is -0.122. The first kappa shape index (κ1) is 32.8. The van der Waals surface area contributed by atoms with Crippen molar-refractivity contribution in [1.29, 1.82) is 0 Å². The third-order valence-electron chi connectivity index (χ3n) is 6.73. The second-order valence-electron chi connectivity index (χ2n) is 9.96. The van der Waals surface area contributed by atoms with Gasteiger partial charge in [-0.25, -0.2) is 9.78 Å². The average Bonchev–Trinajstić information content (AvgIpc) is 3.75. The highest BCUT2D eigenvalue weighted by Crippen LogP contribution is 2.29. The minimum atomic E-state index is -0.883. The van der Waals surface area contributed by atoms with Crippen molar-refractivity contribution in [3.63, 3.8) is 0 Å². The van der Waals surface area contributed by atoms with Gasteiger partial charge in [0.1, 0.15) is 23.0 Å². The molecule has 0 aliphatic rings. The number of nitrogens with one attached hydrogen (secondary N) is 4. The largest absolute Gasteiger partial charge is 0.453 e. The summed E-state index contributed by atoms with van der Waals surface area (Å²) in [6, 6.07) is 16.5. The Balaban J connectivity index is 1.35. The van der Waals surface area contributed by atoms with Gasteiger partial charge < -0.3 is 20.4 Å². The van der Waals surface area contributed by atoms with Gasteiger partial charge in [-0.2, -0.15) is 4.68 Å². The van der Waals surface area contributed by atoms with Gasteiger partial charge >= 0.3 is 6.09 Å². The first-order valence-electron chi connectivity index (χ1n) is 14.2. The van der Waals surface area contributed by atoms with E-state index in [-0.39, 0.29) is 23.3 Å². The third kappa shape index (κ3) is 8.99. The van der Waals surface area contributed by atoms with Crippen molar-refractivity contribution in [2.45, 2.75) is 18.9 Å². The average molecular weight is 676 g/mol. The number of hydrogen-bond acceptors (Lipinski definition) is 9. The second kappa shape index (κ2) is 15.6. The third-order valence-corrected chi connectivity index (χ3v) is 7.24. The molecular weight excluding hydrogens is 647 g/mol. The Morgan fingerprint density at radius 1 is 1.09 bits per heavy atom. The van der Waals surface area contributed by atoms with E-state index >= 15 is 0 Å². The highest BCUT2D eigenvalue weighted by Gasteiger charge is 2.23. The molecule has 16 heteroatoms. The Bertz CT molecular complexity index is 1860. The van der Waals surface area contributed by atoms with Crippen molar-refractivity contribution in [3.05, 3.63) is 107 Å². The number of anilines is 1. The number of tetrazole rings is 1. The summed E-state index contributed by atoms with van der Waals surface area (Å²) in [6.07, 6.45) is 5.77. The van der Waals surface area contributed by atoms with Gasteiger partial charge in [0.25, 0.3) is 0 Å². The molecule has 3 amide bonds. The molecule has 47 heavy (non-hydrogen) atoms. The van der Waals surface area contributed by atoms with E-state index in [4.69, 9.17) is 23.2 Å². The van der Waals surface area contributed by atoms with Crippen LogP contribution < -0.4 is 16.0 Å². The second-order valence-corrected chi connectivity index (χ2v) is 10.8. The molecule has 0 radical (unpaired) electrons. The van der Waals surface area contributed by atoms with Crippen molar-refractivity contribution in [2.75, 3.05) is 19.0 Å². The number of ether oxygens (including phenoxy) is 1. The number of benzene rings is 2. The minimum absolute atomic E-state index is 0.139. The molecule has 240 valence electrons. The van der Waals surface area contributed by atoms with Gasteiger partial charge in [0.15, 0.2) is 0 Å². The van der Waals surface area contributed by atoms with Crippen molar-refractivity contribution >= 4 is 52.9 Å². The van der Waals surface area contributed by atoms with Crippen LogP contribution >= 0.6 is 23.2 Å².